The first-order chi connectivity index (χ1) is 14.9. The van der Waals surface area contributed by atoms with Crippen molar-refractivity contribution in [2.45, 2.75) is 31.7 Å². The first kappa shape index (κ1) is 22.5. The molecule has 0 aliphatic rings. The van der Waals surface area contributed by atoms with Gasteiger partial charge in [0.1, 0.15) is 5.75 Å². The second-order valence-electron chi connectivity index (χ2n) is 7.12. The van der Waals surface area contributed by atoms with E-state index < -0.39 is 10.0 Å². The van der Waals surface area contributed by atoms with Crippen LogP contribution in [0, 0.1) is 6.92 Å². The summed E-state index contributed by atoms with van der Waals surface area (Å²) in [5.74, 6) is 0.170. The highest BCUT2D eigenvalue weighted by molar-refractivity contribution is 7.89. The van der Waals surface area contributed by atoms with Crippen LogP contribution in [0.5, 0.6) is 5.75 Å². The summed E-state index contributed by atoms with van der Waals surface area (Å²) < 4.78 is 33.3. The number of carbonyl (C=O) groups is 1. The van der Waals surface area contributed by atoms with Gasteiger partial charge in [0, 0.05) is 12.2 Å². The van der Waals surface area contributed by atoms with E-state index in [0.717, 1.165) is 12.0 Å². The number of hydrogen-bond donors (Lipinski definition) is 2. The fourth-order valence-corrected chi connectivity index (χ4v) is 4.08. The largest absolute Gasteiger partial charge is 0.483 e. The Balaban J connectivity index is 1.57. The second-order valence-corrected chi connectivity index (χ2v) is 8.89. The van der Waals surface area contributed by atoms with E-state index in [1.54, 1.807) is 13.0 Å². The van der Waals surface area contributed by atoms with E-state index in [9.17, 15) is 13.2 Å². The lowest BCUT2D eigenvalue weighted by atomic mass is 10.1. The molecular weight excluding hydrogens is 412 g/mol. The SMILES string of the molecule is CCc1ccc(NC(=O)COc2ccc(S(=O)(=O)NCc3ccccc3)cc2C)cc1. The quantitative estimate of drug-likeness (QED) is 0.528. The number of aryl methyl sites for hydroxylation is 2. The molecule has 31 heavy (non-hydrogen) atoms. The van der Waals surface area contributed by atoms with Gasteiger partial charge in [0.05, 0.1) is 4.90 Å². The average molecular weight is 439 g/mol. The van der Waals surface area contributed by atoms with E-state index in [2.05, 4.69) is 17.0 Å². The zero-order chi connectivity index (χ0) is 22.3. The van der Waals surface area contributed by atoms with Gasteiger partial charge in [-0.3, -0.25) is 4.79 Å². The van der Waals surface area contributed by atoms with Crippen molar-refractivity contribution < 1.29 is 17.9 Å². The highest BCUT2D eigenvalue weighted by Crippen LogP contribution is 2.22. The van der Waals surface area contributed by atoms with Crippen LogP contribution in [0.1, 0.15) is 23.6 Å². The summed E-state index contributed by atoms with van der Waals surface area (Å²) in [4.78, 5) is 12.3. The number of nitrogens with one attached hydrogen (secondary N) is 2. The first-order valence-corrected chi connectivity index (χ1v) is 11.5. The fraction of sp³-hybridized carbons (Fsp3) is 0.208. The Morgan fingerprint density at radius 1 is 0.935 bits per heavy atom. The van der Waals surface area contributed by atoms with Crippen LogP contribution in [0.15, 0.2) is 77.7 Å². The third kappa shape index (κ3) is 6.41. The zero-order valence-electron chi connectivity index (χ0n) is 17.6. The molecule has 0 unspecified atom stereocenters. The molecule has 0 aliphatic carbocycles. The van der Waals surface area contributed by atoms with Crippen molar-refractivity contribution in [2.24, 2.45) is 0 Å². The van der Waals surface area contributed by atoms with Crippen molar-refractivity contribution in [2.75, 3.05) is 11.9 Å². The zero-order valence-corrected chi connectivity index (χ0v) is 18.4. The molecule has 2 N–H and O–H groups in total. The summed E-state index contributed by atoms with van der Waals surface area (Å²) in [5.41, 5.74) is 3.40. The molecule has 3 rings (SSSR count). The van der Waals surface area contributed by atoms with Crippen molar-refractivity contribution in [3.05, 3.63) is 89.5 Å². The number of hydrogen-bond acceptors (Lipinski definition) is 4. The van der Waals surface area contributed by atoms with Gasteiger partial charge in [0.25, 0.3) is 5.91 Å². The number of rotatable bonds is 9. The summed E-state index contributed by atoms with van der Waals surface area (Å²) in [6, 6.07) is 21.5. The van der Waals surface area contributed by atoms with Gasteiger partial charge >= 0.3 is 0 Å². The molecule has 0 saturated carbocycles. The topological polar surface area (TPSA) is 84.5 Å². The number of carbonyl (C=O) groups excluding carboxylic acids is 1. The Morgan fingerprint density at radius 2 is 1.65 bits per heavy atom. The third-order valence-corrected chi connectivity index (χ3v) is 6.17. The average Bonchev–Trinajstić information content (AvgIpc) is 2.78. The molecule has 0 fully saturated rings. The molecule has 0 aromatic heterocycles. The second kappa shape index (κ2) is 10.2. The maximum absolute atomic E-state index is 12.6. The van der Waals surface area contributed by atoms with E-state index in [0.29, 0.717) is 17.0 Å². The van der Waals surface area contributed by atoms with E-state index in [1.807, 2.05) is 54.6 Å². The van der Waals surface area contributed by atoms with E-state index >= 15 is 0 Å². The van der Waals surface area contributed by atoms with Gasteiger partial charge in [0.15, 0.2) is 6.61 Å². The molecule has 0 bridgehead atoms. The number of ether oxygens (including phenoxy) is 1. The van der Waals surface area contributed by atoms with E-state index in [1.165, 1.54) is 17.7 Å². The summed E-state index contributed by atoms with van der Waals surface area (Å²) >= 11 is 0. The van der Waals surface area contributed by atoms with Gasteiger partial charge < -0.3 is 10.1 Å². The lowest BCUT2D eigenvalue weighted by molar-refractivity contribution is -0.118. The molecule has 6 nitrogen and oxygen atoms in total. The van der Waals surface area contributed by atoms with Crippen molar-refractivity contribution in [1.82, 2.24) is 4.72 Å². The Hall–Kier alpha value is -3.16. The summed E-state index contributed by atoms with van der Waals surface area (Å²) in [6.45, 7) is 3.85. The molecule has 3 aromatic carbocycles. The summed E-state index contributed by atoms with van der Waals surface area (Å²) in [5, 5.41) is 2.78. The molecule has 0 saturated heterocycles. The standard InChI is InChI=1S/C24H26N2O4S/c1-3-19-9-11-21(12-10-19)26-24(27)17-30-23-14-13-22(15-18(23)2)31(28,29)25-16-20-7-5-4-6-8-20/h4-15,25H,3,16-17H2,1-2H3,(H,26,27). The molecule has 0 atom stereocenters. The maximum atomic E-state index is 12.6. The minimum absolute atomic E-state index is 0.147. The van der Waals surface area contributed by atoms with Crippen molar-refractivity contribution in [1.29, 1.82) is 0 Å². The van der Waals surface area contributed by atoms with Gasteiger partial charge in [-0.05, 0) is 60.4 Å². The first-order valence-electron chi connectivity index (χ1n) is 10.0. The molecule has 0 radical (unpaired) electrons. The van der Waals surface area contributed by atoms with Crippen LogP contribution < -0.4 is 14.8 Å². The van der Waals surface area contributed by atoms with Crippen LogP contribution in [-0.4, -0.2) is 20.9 Å². The maximum Gasteiger partial charge on any atom is 0.262 e. The Bertz CT molecular complexity index is 1130. The molecular formula is C24H26N2O4S. The number of benzene rings is 3. The van der Waals surface area contributed by atoms with Crippen LogP contribution in [0.3, 0.4) is 0 Å². The Kier molecular flexibility index (Phi) is 7.44. The molecule has 162 valence electrons. The van der Waals surface area contributed by atoms with E-state index in [-0.39, 0.29) is 24.0 Å². The lowest BCUT2D eigenvalue weighted by Crippen LogP contribution is -2.23. The number of anilines is 1. The van der Waals surface area contributed by atoms with Crippen molar-refractivity contribution in [3.8, 4) is 5.75 Å². The molecule has 1 amide bonds. The summed E-state index contributed by atoms with van der Waals surface area (Å²) in [7, 11) is -3.66. The Morgan fingerprint density at radius 3 is 2.29 bits per heavy atom. The minimum Gasteiger partial charge on any atom is -0.483 e. The van der Waals surface area contributed by atoms with Crippen LogP contribution >= 0.6 is 0 Å². The van der Waals surface area contributed by atoms with E-state index in [4.69, 9.17) is 4.74 Å². The highest BCUT2D eigenvalue weighted by atomic mass is 32.2. The van der Waals surface area contributed by atoms with Gasteiger partial charge in [-0.1, -0.05) is 49.4 Å². The summed E-state index contributed by atoms with van der Waals surface area (Å²) in [6.07, 6.45) is 0.935. The van der Waals surface area contributed by atoms with Gasteiger partial charge in [-0.15, -0.1) is 0 Å². The predicted octanol–water partition coefficient (Wildman–Crippen LogP) is 4.05. The van der Waals surface area contributed by atoms with Crippen molar-refractivity contribution in [3.63, 3.8) is 0 Å². The monoisotopic (exact) mass is 438 g/mol. The number of amides is 1. The minimum atomic E-state index is -3.66. The molecule has 3 aromatic rings. The van der Waals surface area contributed by atoms with Crippen LogP contribution in [0.4, 0.5) is 5.69 Å². The van der Waals surface area contributed by atoms with Crippen LogP contribution in [0.25, 0.3) is 0 Å². The smallest absolute Gasteiger partial charge is 0.262 e. The van der Waals surface area contributed by atoms with Crippen LogP contribution in [0.2, 0.25) is 0 Å². The predicted molar refractivity (Wildman–Crippen MR) is 122 cm³/mol. The van der Waals surface area contributed by atoms with Gasteiger partial charge in [-0.2, -0.15) is 0 Å². The third-order valence-electron chi connectivity index (χ3n) is 4.77. The Labute approximate surface area is 183 Å². The molecule has 0 heterocycles. The highest BCUT2D eigenvalue weighted by Gasteiger charge is 2.16. The van der Waals surface area contributed by atoms with Gasteiger partial charge in [0.2, 0.25) is 10.0 Å². The molecule has 0 aliphatic heterocycles. The fourth-order valence-electron chi connectivity index (χ4n) is 2.97. The van der Waals surface area contributed by atoms with Crippen LogP contribution in [-0.2, 0) is 27.8 Å². The normalized spacial score (nSPS) is 11.2. The number of sulfonamides is 1. The van der Waals surface area contributed by atoms with Gasteiger partial charge in [-0.25, -0.2) is 13.1 Å². The lowest BCUT2D eigenvalue weighted by Gasteiger charge is -2.12. The molecule has 0 spiro atoms. The molecule has 7 heteroatoms. The van der Waals surface area contributed by atoms with Crippen molar-refractivity contribution >= 4 is 21.6 Å².